The number of benzene rings is 18. The third-order valence-corrected chi connectivity index (χ3v) is 26.7. The Kier molecular flexibility index (Phi) is 16.0. The van der Waals surface area contributed by atoms with Gasteiger partial charge in [0.25, 0.3) is 0 Å². The summed E-state index contributed by atoms with van der Waals surface area (Å²) in [7, 11) is 0. The Morgan fingerprint density at radius 1 is 0.140 bits per heavy atom. The number of nitrogens with zero attached hydrogens (tertiary/aromatic N) is 14. The summed E-state index contributed by atoms with van der Waals surface area (Å²) in [5.41, 5.74) is 23.7. The topological polar surface area (TPSA) is 117 Å². The minimum Gasteiger partial charge on any atom is -0.309 e. The van der Waals surface area contributed by atoms with Gasteiger partial charge in [0.1, 0.15) is 0 Å². The largest absolute Gasteiger partial charge is 0.309 e. The Morgan fingerprint density at radius 2 is 0.310 bits per heavy atom. The van der Waals surface area contributed by atoms with Gasteiger partial charge < -0.3 is 18.3 Å². The third-order valence-electron chi connectivity index (χ3n) is 26.1. The van der Waals surface area contributed by atoms with Crippen LogP contribution in [0.25, 0.3) is 244 Å². The van der Waals surface area contributed by atoms with Crippen molar-refractivity contribution < 1.29 is 0 Å². The Labute approximate surface area is 744 Å². The zero-order valence-corrected chi connectivity index (χ0v) is 70.6. The second kappa shape index (κ2) is 28.5. The molecular formula is C114H69BrN14. The number of aromatic nitrogens is 14. The van der Waals surface area contributed by atoms with Crippen molar-refractivity contribution >= 4 is 190 Å². The quantitative estimate of drug-likeness (QED) is 0.135. The molecule has 0 amide bonds. The van der Waals surface area contributed by atoms with E-state index >= 15 is 0 Å². The summed E-state index contributed by atoms with van der Waals surface area (Å²) >= 11 is 3.65. The second-order valence-electron chi connectivity index (χ2n) is 33.1. The van der Waals surface area contributed by atoms with Crippen molar-refractivity contribution in [2.24, 2.45) is 0 Å². The molecule has 0 radical (unpaired) electrons. The number of halogens is 1. The van der Waals surface area contributed by atoms with Crippen molar-refractivity contribution in [3.05, 3.63) is 423 Å². The van der Waals surface area contributed by atoms with E-state index in [1.165, 1.54) is 87.2 Å². The number of rotatable bonds is 10. The SMILES string of the molecule is Brc1ccc(-c2nc(-n3c4ccccc4c4cc(-n5c6ccccc6c6ccccc65)ccc43)nc(-n3c4ccccc4c4cc(-n5c6ccccc6c6ccccc65)ccc43)n2)cc1.c1ccc(-c2nc(-n3c4ccccc4c4cc(-n5c6ccccc6c6ccccc65)ccc43)nc(-n3c4ccccc4c4cc(-n5c6ccccc6c6ccccc65)ccc43)n2)cc1. The van der Waals surface area contributed by atoms with E-state index in [4.69, 9.17) is 29.9 Å². The molecule has 0 saturated heterocycles. The molecule has 18 aromatic carbocycles. The van der Waals surface area contributed by atoms with E-state index in [9.17, 15) is 0 Å². The van der Waals surface area contributed by atoms with Gasteiger partial charge in [-0.1, -0.05) is 277 Å². The van der Waals surface area contributed by atoms with E-state index in [0.29, 0.717) is 35.4 Å². The van der Waals surface area contributed by atoms with E-state index in [1.807, 2.05) is 30.3 Å². The molecule has 0 N–H and O–H groups in total. The maximum absolute atomic E-state index is 5.45. The molecule has 28 aromatic rings. The zero-order chi connectivity index (χ0) is 84.6. The Balaban J connectivity index is 0.000000133. The van der Waals surface area contributed by atoms with Crippen molar-refractivity contribution in [3.63, 3.8) is 0 Å². The van der Waals surface area contributed by atoms with Gasteiger partial charge in [0.15, 0.2) is 11.6 Å². The van der Waals surface area contributed by atoms with Crippen molar-refractivity contribution in [3.8, 4) is 69.3 Å². The summed E-state index contributed by atoms with van der Waals surface area (Å²) in [6.07, 6.45) is 0. The molecule has 14 nitrogen and oxygen atoms in total. The summed E-state index contributed by atoms with van der Waals surface area (Å²) in [6, 6.07) is 149. The Morgan fingerprint density at radius 3 is 0.527 bits per heavy atom. The summed E-state index contributed by atoms with van der Waals surface area (Å²) in [4.78, 5) is 32.1. The lowest BCUT2D eigenvalue weighted by atomic mass is 10.1. The van der Waals surface area contributed by atoms with Gasteiger partial charge >= 0.3 is 0 Å². The van der Waals surface area contributed by atoms with Crippen LogP contribution in [-0.2, 0) is 0 Å². The first kappa shape index (κ1) is 72.3. The molecule has 0 unspecified atom stereocenters. The van der Waals surface area contributed by atoms with Crippen LogP contribution in [0.4, 0.5) is 0 Å². The number of hydrogen-bond acceptors (Lipinski definition) is 6. The standard InChI is InChI=1S/C57H34BrN7.C57H35N7/c58-36-27-25-35(26-28-36)55-59-56(64-51-23-11-5-17-43(51)45-33-37(29-31-53(45)64)62-47-19-7-1-13-39(47)40-14-2-8-20-48(40)62)61-57(60-55)65-52-24-12-6-18-44(52)46-34-38(30-32-54(46)65)63-49-21-9-3-15-41(49)42-16-4-10-22-50(42)63;1-2-16-36(17-3-1)55-58-56(63-51-28-14-8-22-43(51)45-34-37(30-32-53(45)63)61-47-24-10-4-18-39(47)40-19-5-11-25-48(40)61)60-57(59-55)64-52-29-15-9-23-44(52)46-35-38(31-33-54(46)64)62-49-26-12-6-20-41(49)42-21-7-13-27-50(42)62/h1-34H;1-35H. The van der Waals surface area contributed by atoms with Gasteiger partial charge in [-0.25, -0.2) is 0 Å². The van der Waals surface area contributed by atoms with Crippen LogP contribution in [0.1, 0.15) is 0 Å². The van der Waals surface area contributed by atoms with Crippen LogP contribution in [0.3, 0.4) is 0 Å². The smallest absolute Gasteiger partial charge is 0.240 e. The third kappa shape index (κ3) is 11.0. The second-order valence-corrected chi connectivity index (χ2v) is 34.0. The van der Waals surface area contributed by atoms with Crippen LogP contribution in [0, 0.1) is 0 Å². The highest BCUT2D eigenvalue weighted by atomic mass is 79.9. The molecule has 0 aliphatic rings. The van der Waals surface area contributed by atoms with E-state index in [2.05, 4.69) is 441 Å². The van der Waals surface area contributed by atoms with Crippen LogP contribution < -0.4 is 0 Å². The summed E-state index contributed by atoms with van der Waals surface area (Å²) in [5, 5.41) is 18.8. The summed E-state index contributed by atoms with van der Waals surface area (Å²) < 4.78 is 19.3. The molecule has 10 aromatic heterocycles. The monoisotopic (exact) mass is 1710 g/mol. The van der Waals surface area contributed by atoms with Crippen LogP contribution in [-0.4, -0.2) is 66.4 Å². The lowest BCUT2D eigenvalue weighted by Crippen LogP contribution is -2.10. The fourth-order valence-electron chi connectivity index (χ4n) is 20.6. The first-order valence-electron chi connectivity index (χ1n) is 43.4. The molecule has 0 atom stereocenters. The molecule has 0 saturated carbocycles. The molecular weight excluding hydrogens is 1650 g/mol. The van der Waals surface area contributed by atoms with Gasteiger partial charge in [0, 0.05) is 125 Å². The maximum Gasteiger partial charge on any atom is 0.240 e. The van der Waals surface area contributed by atoms with Crippen molar-refractivity contribution in [1.29, 1.82) is 0 Å². The van der Waals surface area contributed by atoms with Crippen LogP contribution >= 0.6 is 15.9 Å². The molecule has 28 rings (SSSR count). The number of fused-ring (bicyclic) bond motifs is 24. The van der Waals surface area contributed by atoms with Crippen LogP contribution in [0.15, 0.2) is 423 Å². The van der Waals surface area contributed by atoms with Crippen LogP contribution in [0.2, 0.25) is 0 Å². The fourth-order valence-corrected chi connectivity index (χ4v) is 20.9. The number of hydrogen-bond donors (Lipinski definition) is 0. The molecule has 0 fully saturated rings. The lowest BCUT2D eigenvalue weighted by Gasteiger charge is -2.13. The van der Waals surface area contributed by atoms with E-state index in [-0.39, 0.29) is 0 Å². The molecule has 0 aliphatic heterocycles. The first-order chi connectivity index (χ1) is 63.9. The average Bonchev–Trinajstić information content (AvgIpc) is 1.56. The maximum atomic E-state index is 5.45. The minimum absolute atomic E-state index is 0.538. The van der Waals surface area contributed by atoms with Crippen LogP contribution in [0.5, 0.6) is 0 Å². The highest BCUT2D eigenvalue weighted by Gasteiger charge is 2.27. The first-order valence-corrected chi connectivity index (χ1v) is 44.1. The van der Waals surface area contributed by atoms with Crippen molar-refractivity contribution in [2.45, 2.75) is 0 Å². The van der Waals surface area contributed by atoms with E-state index in [0.717, 1.165) is 126 Å². The molecule has 0 spiro atoms. The predicted octanol–water partition coefficient (Wildman–Crippen LogP) is 28.6. The van der Waals surface area contributed by atoms with Crippen molar-refractivity contribution in [2.75, 3.05) is 0 Å². The minimum atomic E-state index is 0.538. The average molecular weight is 1710 g/mol. The Bertz CT molecular complexity index is 8850. The number of para-hydroxylation sites is 12. The fraction of sp³-hybridized carbons (Fsp3) is 0. The molecule has 0 aliphatic carbocycles. The summed E-state index contributed by atoms with van der Waals surface area (Å²) in [5.74, 6) is 3.35. The van der Waals surface area contributed by atoms with Gasteiger partial charge in [-0.05, 0) is 158 Å². The van der Waals surface area contributed by atoms with Gasteiger partial charge in [-0.3, -0.25) is 18.3 Å². The molecule has 10 heterocycles. The predicted molar refractivity (Wildman–Crippen MR) is 533 cm³/mol. The summed E-state index contributed by atoms with van der Waals surface area (Å²) in [6.45, 7) is 0. The molecule has 129 heavy (non-hydrogen) atoms. The van der Waals surface area contributed by atoms with Gasteiger partial charge in [-0.2, -0.15) is 29.9 Å². The van der Waals surface area contributed by atoms with Gasteiger partial charge in [0.05, 0.1) is 88.3 Å². The van der Waals surface area contributed by atoms with Crippen molar-refractivity contribution in [1.82, 2.24) is 66.4 Å². The molecule has 15 heteroatoms. The highest BCUT2D eigenvalue weighted by molar-refractivity contribution is 9.10. The van der Waals surface area contributed by atoms with Gasteiger partial charge in [-0.15, -0.1) is 0 Å². The highest BCUT2D eigenvalue weighted by Crippen LogP contribution is 2.45. The zero-order valence-electron chi connectivity index (χ0n) is 69.0. The van der Waals surface area contributed by atoms with Gasteiger partial charge in [0.2, 0.25) is 23.8 Å². The van der Waals surface area contributed by atoms with E-state index in [1.54, 1.807) is 0 Å². The Hall–Kier alpha value is -17.1. The van der Waals surface area contributed by atoms with E-state index < -0.39 is 0 Å². The molecule has 602 valence electrons. The molecule has 0 bridgehead atoms. The normalized spacial score (nSPS) is 12.1. The lowest BCUT2D eigenvalue weighted by molar-refractivity contribution is 0.892.